The molecule has 0 unspecified atom stereocenters. The summed E-state index contributed by atoms with van der Waals surface area (Å²) < 4.78 is 0. The van der Waals surface area contributed by atoms with Crippen molar-refractivity contribution in [1.29, 1.82) is 0 Å². The third-order valence-electron chi connectivity index (χ3n) is 2.46. The Morgan fingerprint density at radius 3 is 2.64 bits per heavy atom. The minimum atomic E-state index is -0.645. The van der Waals surface area contributed by atoms with E-state index in [2.05, 4.69) is 5.32 Å². The van der Waals surface area contributed by atoms with E-state index in [9.17, 15) is 5.11 Å². The van der Waals surface area contributed by atoms with Gasteiger partial charge < -0.3 is 10.4 Å². The highest BCUT2D eigenvalue weighted by Crippen LogP contribution is 2.29. The van der Waals surface area contributed by atoms with E-state index in [1.165, 1.54) is 0 Å². The topological polar surface area (TPSA) is 32.3 Å². The number of rotatable bonds is 2. The van der Waals surface area contributed by atoms with Gasteiger partial charge >= 0.3 is 0 Å². The monoisotopic (exact) mass is 231 g/mol. The Morgan fingerprint density at radius 2 is 2.07 bits per heavy atom. The maximum Gasteiger partial charge on any atom is 0.0935 e. The number of hydrogen-bond acceptors (Lipinski definition) is 2. The van der Waals surface area contributed by atoms with E-state index in [-0.39, 0.29) is 0 Å². The summed E-state index contributed by atoms with van der Waals surface area (Å²) in [7, 11) is 0. The minimum Gasteiger partial charge on any atom is -0.387 e. The van der Waals surface area contributed by atoms with E-state index < -0.39 is 5.60 Å². The van der Waals surface area contributed by atoms with Crippen LogP contribution in [-0.4, -0.2) is 23.8 Å². The van der Waals surface area contributed by atoms with Crippen LogP contribution in [0.5, 0.6) is 0 Å². The predicted molar refractivity (Wildman–Crippen MR) is 58.0 cm³/mol. The Morgan fingerprint density at radius 1 is 1.36 bits per heavy atom. The van der Waals surface area contributed by atoms with Crippen molar-refractivity contribution in [2.45, 2.75) is 12.0 Å². The molecule has 0 amide bonds. The van der Waals surface area contributed by atoms with Gasteiger partial charge in [0, 0.05) is 19.5 Å². The number of halogens is 2. The lowest BCUT2D eigenvalue weighted by Crippen LogP contribution is -2.60. The van der Waals surface area contributed by atoms with Crippen LogP contribution in [-0.2, 0) is 6.42 Å². The van der Waals surface area contributed by atoms with Gasteiger partial charge in [-0.25, -0.2) is 0 Å². The van der Waals surface area contributed by atoms with Gasteiger partial charge in [0.05, 0.1) is 15.6 Å². The van der Waals surface area contributed by atoms with Crippen LogP contribution in [0.4, 0.5) is 0 Å². The summed E-state index contributed by atoms with van der Waals surface area (Å²) in [6.45, 7) is 1.24. The summed E-state index contributed by atoms with van der Waals surface area (Å²) in [6, 6.07) is 5.49. The van der Waals surface area contributed by atoms with Crippen molar-refractivity contribution in [3.8, 4) is 0 Å². The van der Waals surface area contributed by atoms with Crippen LogP contribution in [0.3, 0.4) is 0 Å². The van der Waals surface area contributed by atoms with Gasteiger partial charge in [-0.2, -0.15) is 0 Å². The average molecular weight is 232 g/mol. The van der Waals surface area contributed by atoms with Crippen LogP contribution < -0.4 is 5.32 Å². The predicted octanol–water partition coefficient (Wildman–Crippen LogP) is 1.87. The second-order valence-electron chi connectivity index (χ2n) is 3.72. The second kappa shape index (κ2) is 3.70. The number of β-amino-alcohol motifs (C(OH)–C–C–N with tert-alkyl or cyclic N) is 1. The van der Waals surface area contributed by atoms with Crippen molar-refractivity contribution in [2.75, 3.05) is 13.1 Å². The Kier molecular flexibility index (Phi) is 2.71. The molecular weight excluding hydrogens is 221 g/mol. The largest absolute Gasteiger partial charge is 0.387 e. The molecule has 0 spiro atoms. The summed E-state index contributed by atoms with van der Waals surface area (Å²) in [5.74, 6) is 0. The molecule has 1 fully saturated rings. The van der Waals surface area contributed by atoms with E-state index in [0.29, 0.717) is 29.6 Å². The van der Waals surface area contributed by atoms with Crippen LogP contribution in [0.15, 0.2) is 18.2 Å². The summed E-state index contributed by atoms with van der Waals surface area (Å²) in [5, 5.41) is 14.0. The van der Waals surface area contributed by atoms with Crippen LogP contribution in [0, 0.1) is 0 Å². The zero-order valence-corrected chi connectivity index (χ0v) is 9.07. The number of aliphatic hydroxyl groups is 1. The van der Waals surface area contributed by atoms with Crippen molar-refractivity contribution in [3.05, 3.63) is 33.8 Å². The standard InChI is InChI=1S/C10H11Cl2NO/c11-8-3-1-2-7(9(8)12)4-10(14)5-13-6-10/h1-3,13-14H,4-6H2. The molecule has 14 heavy (non-hydrogen) atoms. The average Bonchev–Trinajstić information content (AvgIpc) is 2.10. The fourth-order valence-electron chi connectivity index (χ4n) is 1.58. The molecule has 1 aromatic rings. The van der Waals surface area contributed by atoms with Gasteiger partial charge in [-0.1, -0.05) is 35.3 Å². The van der Waals surface area contributed by atoms with Crippen molar-refractivity contribution >= 4 is 23.2 Å². The highest BCUT2D eigenvalue weighted by molar-refractivity contribution is 6.42. The lowest BCUT2D eigenvalue weighted by Gasteiger charge is -2.37. The van der Waals surface area contributed by atoms with E-state index in [4.69, 9.17) is 23.2 Å². The highest BCUT2D eigenvalue weighted by atomic mass is 35.5. The van der Waals surface area contributed by atoms with Crippen molar-refractivity contribution in [3.63, 3.8) is 0 Å². The van der Waals surface area contributed by atoms with Crippen LogP contribution >= 0.6 is 23.2 Å². The lowest BCUT2D eigenvalue weighted by atomic mass is 9.89. The zero-order chi connectivity index (χ0) is 10.2. The molecule has 1 aliphatic rings. The Labute approximate surface area is 92.8 Å². The molecule has 0 bridgehead atoms. The van der Waals surface area contributed by atoms with E-state index in [1.807, 2.05) is 12.1 Å². The van der Waals surface area contributed by atoms with Gasteiger partial charge in [0.15, 0.2) is 0 Å². The molecule has 1 saturated heterocycles. The number of benzene rings is 1. The molecule has 0 aromatic heterocycles. The number of hydrogen-bond donors (Lipinski definition) is 2. The first-order chi connectivity index (χ1) is 6.61. The molecule has 76 valence electrons. The molecule has 1 heterocycles. The SMILES string of the molecule is OC1(Cc2cccc(Cl)c2Cl)CNC1. The summed E-state index contributed by atoms with van der Waals surface area (Å²) in [4.78, 5) is 0. The van der Waals surface area contributed by atoms with Crippen LogP contribution in [0.2, 0.25) is 10.0 Å². The molecule has 4 heteroatoms. The highest BCUT2D eigenvalue weighted by Gasteiger charge is 2.34. The normalized spacial score (nSPS) is 19.1. The van der Waals surface area contributed by atoms with Crippen LogP contribution in [0.25, 0.3) is 0 Å². The maximum absolute atomic E-state index is 9.91. The van der Waals surface area contributed by atoms with Gasteiger partial charge in [-0.3, -0.25) is 0 Å². The van der Waals surface area contributed by atoms with Crippen molar-refractivity contribution in [1.82, 2.24) is 5.32 Å². The van der Waals surface area contributed by atoms with E-state index >= 15 is 0 Å². The first-order valence-electron chi connectivity index (χ1n) is 4.47. The molecule has 2 N–H and O–H groups in total. The molecule has 2 nitrogen and oxygen atoms in total. The second-order valence-corrected chi connectivity index (χ2v) is 4.50. The van der Waals surface area contributed by atoms with E-state index in [0.717, 1.165) is 5.56 Å². The first-order valence-corrected chi connectivity index (χ1v) is 5.22. The van der Waals surface area contributed by atoms with Gasteiger partial charge in [0.1, 0.15) is 0 Å². The van der Waals surface area contributed by atoms with E-state index in [1.54, 1.807) is 6.07 Å². The molecule has 1 aromatic carbocycles. The summed E-state index contributed by atoms with van der Waals surface area (Å²) in [5.41, 5.74) is 0.261. The Hall–Kier alpha value is -0.280. The zero-order valence-electron chi connectivity index (χ0n) is 7.56. The van der Waals surface area contributed by atoms with Gasteiger partial charge in [0.25, 0.3) is 0 Å². The van der Waals surface area contributed by atoms with Crippen molar-refractivity contribution < 1.29 is 5.11 Å². The molecular formula is C10H11Cl2NO. The third kappa shape index (κ3) is 1.89. The van der Waals surface area contributed by atoms with Crippen LogP contribution in [0.1, 0.15) is 5.56 Å². The fourth-order valence-corrected chi connectivity index (χ4v) is 1.96. The van der Waals surface area contributed by atoms with Crippen molar-refractivity contribution in [2.24, 2.45) is 0 Å². The fraction of sp³-hybridized carbons (Fsp3) is 0.400. The van der Waals surface area contributed by atoms with Gasteiger partial charge in [-0.15, -0.1) is 0 Å². The van der Waals surface area contributed by atoms with Gasteiger partial charge in [-0.05, 0) is 11.6 Å². The maximum atomic E-state index is 9.91. The molecule has 2 rings (SSSR count). The third-order valence-corrected chi connectivity index (χ3v) is 3.32. The smallest absolute Gasteiger partial charge is 0.0935 e. The Bertz CT molecular complexity index is 350. The molecule has 0 radical (unpaired) electrons. The Balaban J connectivity index is 2.20. The molecule has 0 aliphatic carbocycles. The summed E-state index contributed by atoms with van der Waals surface area (Å²) >= 11 is 11.9. The molecule has 1 aliphatic heterocycles. The lowest BCUT2D eigenvalue weighted by molar-refractivity contribution is -0.00900. The quantitative estimate of drug-likeness (QED) is 0.815. The first kappa shape index (κ1) is 10.2. The number of nitrogens with one attached hydrogen (secondary N) is 1. The molecule has 0 atom stereocenters. The summed E-state index contributed by atoms with van der Waals surface area (Å²) in [6.07, 6.45) is 0.555. The minimum absolute atomic E-state index is 0.542. The molecule has 0 saturated carbocycles. The van der Waals surface area contributed by atoms with Gasteiger partial charge in [0.2, 0.25) is 0 Å².